The molecule has 30 heavy (non-hydrogen) atoms. The number of hydrogen-bond acceptors (Lipinski definition) is 4. The Balaban J connectivity index is 1.25. The molecule has 1 aliphatic heterocycles. The van der Waals surface area contributed by atoms with E-state index in [9.17, 15) is 4.39 Å². The molecular formula is C23H26FN5O. The fraction of sp³-hybridized carbons (Fsp3) is 0.304. The first-order chi connectivity index (χ1) is 14.7. The highest BCUT2D eigenvalue weighted by molar-refractivity contribution is 5.88. The van der Waals surface area contributed by atoms with Gasteiger partial charge in [0.15, 0.2) is 17.6 Å². The highest BCUT2D eigenvalue weighted by Crippen LogP contribution is 2.25. The molecule has 1 fully saturated rings. The van der Waals surface area contributed by atoms with E-state index in [-0.39, 0.29) is 11.9 Å². The highest BCUT2D eigenvalue weighted by Gasteiger charge is 2.25. The molecule has 0 saturated carbocycles. The summed E-state index contributed by atoms with van der Waals surface area (Å²) in [6.45, 7) is 2.58. The van der Waals surface area contributed by atoms with Crippen molar-refractivity contribution in [3.8, 4) is 5.75 Å². The number of halogens is 1. The van der Waals surface area contributed by atoms with E-state index in [4.69, 9.17) is 4.74 Å². The molecule has 2 aromatic carbocycles. The predicted molar refractivity (Wildman–Crippen MR) is 119 cm³/mol. The van der Waals surface area contributed by atoms with Crippen LogP contribution in [0.4, 0.5) is 10.2 Å². The average molecular weight is 407 g/mol. The van der Waals surface area contributed by atoms with Crippen molar-refractivity contribution in [3.05, 3.63) is 66.6 Å². The Morgan fingerprint density at radius 2 is 2.07 bits per heavy atom. The lowest BCUT2D eigenvalue weighted by Crippen LogP contribution is -2.45. The number of aliphatic imine (C=N–C) groups is 1. The monoisotopic (exact) mass is 407 g/mol. The van der Waals surface area contributed by atoms with Gasteiger partial charge in [-0.15, -0.1) is 0 Å². The molecule has 1 saturated heterocycles. The van der Waals surface area contributed by atoms with Crippen molar-refractivity contribution in [3.63, 3.8) is 0 Å². The summed E-state index contributed by atoms with van der Waals surface area (Å²) in [7, 11) is 1.74. The van der Waals surface area contributed by atoms with Gasteiger partial charge >= 0.3 is 0 Å². The van der Waals surface area contributed by atoms with E-state index in [1.807, 2.05) is 29.2 Å². The number of benzene rings is 2. The summed E-state index contributed by atoms with van der Waals surface area (Å²) < 4.78 is 19.9. The first-order valence-corrected chi connectivity index (χ1v) is 10.2. The zero-order valence-electron chi connectivity index (χ0n) is 17.0. The maximum absolute atomic E-state index is 14.0. The number of rotatable bonds is 6. The Hall–Kier alpha value is -3.35. The largest absolute Gasteiger partial charge is 0.491 e. The molecule has 7 heteroatoms. The maximum atomic E-state index is 14.0. The Kier molecular flexibility index (Phi) is 6.27. The van der Waals surface area contributed by atoms with Crippen LogP contribution in [0, 0.1) is 5.82 Å². The van der Waals surface area contributed by atoms with E-state index in [1.54, 1.807) is 19.3 Å². The van der Waals surface area contributed by atoms with Crippen molar-refractivity contribution in [1.29, 1.82) is 0 Å². The summed E-state index contributed by atoms with van der Waals surface area (Å²) in [5.74, 6) is 1.71. The zero-order chi connectivity index (χ0) is 20.8. The summed E-state index contributed by atoms with van der Waals surface area (Å²) >= 11 is 0. The normalized spacial score (nSPS) is 16.7. The molecule has 156 valence electrons. The summed E-state index contributed by atoms with van der Waals surface area (Å²) in [4.78, 5) is 10.4. The standard InChI is InChI=1S/C23H26FN5O/c1-25-23(28-18-11-14-29(16-18)22-20(24)9-5-12-26-22)27-13-15-30-21-10-4-7-17-6-2-3-8-19(17)21/h2-10,12,18H,11,13-16H2,1H3,(H2,25,27,28). The van der Waals surface area contributed by atoms with Crippen molar-refractivity contribution in [1.82, 2.24) is 15.6 Å². The van der Waals surface area contributed by atoms with Gasteiger partial charge in [0.25, 0.3) is 0 Å². The number of nitrogens with one attached hydrogen (secondary N) is 2. The highest BCUT2D eigenvalue weighted by atomic mass is 19.1. The van der Waals surface area contributed by atoms with Gasteiger partial charge in [0.05, 0.1) is 6.54 Å². The van der Waals surface area contributed by atoms with Gasteiger partial charge in [-0.25, -0.2) is 9.37 Å². The van der Waals surface area contributed by atoms with Crippen LogP contribution in [0.3, 0.4) is 0 Å². The second-order valence-electron chi connectivity index (χ2n) is 7.21. The number of nitrogens with zero attached hydrogens (tertiary/aromatic N) is 3. The predicted octanol–water partition coefficient (Wildman–Crippen LogP) is 3.20. The van der Waals surface area contributed by atoms with Gasteiger partial charge in [-0.05, 0) is 30.0 Å². The van der Waals surface area contributed by atoms with Crippen molar-refractivity contribution in [2.45, 2.75) is 12.5 Å². The molecule has 0 bridgehead atoms. The van der Waals surface area contributed by atoms with Crippen molar-refractivity contribution >= 4 is 22.5 Å². The van der Waals surface area contributed by atoms with Gasteiger partial charge in [0, 0.05) is 37.8 Å². The fourth-order valence-electron chi connectivity index (χ4n) is 3.72. The number of ether oxygens (including phenoxy) is 1. The van der Waals surface area contributed by atoms with Crippen LogP contribution in [0.5, 0.6) is 5.75 Å². The number of hydrogen-bond donors (Lipinski definition) is 2. The Morgan fingerprint density at radius 1 is 1.20 bits per heavy atom. The molecule has 2 N–H and O–H groups in total. The lowest BCUT2D eigenvalue weighted by molar-refractivity contribution is 0.325. The van der Waals surface area contributed by atoms with Crippen molar-refractivity contribution in [2.75, 3.05) is 38.2 Å². The number of guanidine groups is 1. The molecule has 1 aliphatic rings. The van der Waals surface area contributed by atoms with Gasteiger partial charge in [-0.3, -0.25) is 4.99 Å². The number of fused-ring (bicyclic) bond motifs is 1. The number of aromatic nitrogens is 1. The molecule has 0 radical (unpaired) electrons. The van der Waals surface area contributed by atoms with E-state index in [0.29, 0.717) is 31.5 Å². The van der Waals surface area contributed by atoms with E-state index in [1.165, 1.54) is 6.07 Å². The topological polar surface area (TPSA) is 61.8 Å². The Morgan fingerprint density at radius 3 is 2.93 bits per heavy atom. The third-order valence-electron chi connectivity index (χ3n) is 5.19. The molecule has 3 aromatic rings. The third-order valence-corrected chi connectivity index (χ3v) is 5.19. The second kappa shape index (κ2) is 9.43. The van der Waals surface area contributed by atoms with Gasteiger partial charge in [-0.2, -0.15) is 0 Å². The Labute approximate surface area is 175 Å². The minimum absolute atomic E-state index is 0.177. The minimum Gasteiger partial charge on any atom is -0.491 e. The third kappa shape index (κ3) is 4.62. The molecule has 1 atom stereocenters. The van der Waals surface area contributed by atoms with Crippen LogP contribution in [0.1, 0.15) is 6.42 Å². The van der Waals surface area contributed by atoms with Crippen molar-refractivity contribution in [2.24, 2.45) is 4.99 Å². The minimum atomic E-state index is -0.286. The van der Waals surface area contributed by atoms with Crippen LogP contribution < -0.4 is 20.3 Å². The van der Waals surface area contributed by atoms with Crippen LogP contribution in [-0.4, -0.2) is 50.3 Å². The summed E-state index contributed by atoms with van der Waals surface area (Å²) in [5, 5.41) is 8.96. The summed E-state index contributed by atoms with van der Waals surface area (Å²) in [5.41, 5.74) is 0. The lowest BCUT2D eigenvalue weighted by atomic mass is 10.1. The maximum Gasteiger partial charge on any atom is 0.191 e. The van der Waals surface area contributed by atoms with E-state index in [2.05, 4.69) is 38.8 Å². The Bertz CT molecular complexity index is 1020. The first kappa shape index (κ1) is 19.9. The van der Waals surface area contributed by atoms with Gasteiger partial charge in [0.2, 0.25) is 0 Å². The fourth-order valence-corrected chi connectivity index (χ4v) is 3.72. The molecule has 1 unspecified atom stereocenters. The summed E-state index contributed by atoms with van der Waals surface area (Å²) in [6, 6.07) is 17.5. The molecule has 0 amide bonds. The molecule has 0 spiro atoms. The molecular weight excluding hydrogens is 381 g/mol. The molecule has 4 rings (SSSR count). The second-order valence-corrected chi connectivity index (χ2v) is 7.21. The van der Waals surface area contributed by atoms with E-state index in [0.717, 1.165) is 29.5 Å². The van der Waals surface area contributed by atoms with Crippen LogP contribution in [-0.2, 0) is 0 Å². The van der Waals surface area contributed by atoms with Gasteiger partial charge < -0.3 is 20.3 Å². The molecule has 1 aromatic heterocycles. The SMILES string of the molecule is CN=C(NCCOc1cccc2ccccc12)NC1CCN(c2ncccc2F)C1. The van der Waals surface area contributed by atoms with Crippen LogP contribution in [0.2, 0.25) is 0 Å². The smallest absolute Gasteiger partial charge is 0.191 e. The summed E-state index contributed by atoms with van der Waals surface area (Å²) in [6.07, 6.45) is 2.51. The zero-order valence-corrected chi connectivity index (χ0v) is 17.0. The van der Waals surface area contributed by atoms with Crippen LogP contribution in [0.25, 0.3) is 10.8 Å². The average Bonchev–Trinajstić information content (AvgIpc) is 3.24. The number of anilines is 1. The van der Waals surface area contributed by atoms with E-state index >= 15 is 0 Å². The lowest BCUT2D eigenvalue weighted by Gasteiger charge is -2.20. The van der Waals surface area contributed by atoms with Crippen molar-refractivity contribution < 1.29 is 9.13 Å². The van der Waals surface area contributed by atoms with Crippen LogP contribution in [0.15, 0.2) is 65.8 Å². The molecule has 6 nitrogen and oxygen atoms in total. The first-order valence-electron chi connectivity index (χ1n) is 10.2. The van der Waals surface area contributed by atoms with Gasteiger partial charge in [0.1, 0.15) is 12.4 Å². The van der Waals surface area contributed by atoms with E-state index < -0.39 is 0 Å². The number of pyridine rings is 1. The van der Waals surface area contributed by atoms with Gasteiger partial charge in [-0.1, -0.05) is 36.4 Å². The van der Waals surface area contributed by atoms with Crippen LogP contribution >= 0.6 is 0 Å². The molecule has 0 aliphatic carbocycles. The quantitative estimate of drug-likeness (QED) is 0.373. The molecule has 2 heterocycles.